The number of amides is 1. The smallest absolute Gasteiger partial charge is 0.225 e. The zero-order valence-electron chi connectivity index (χ0n) is 13.5. The predicted octanol–water partition coefficient (Wildman–Crippen LogP) is 2.05. The maximum Gasteiger partial charge on any atom is 0.225 e. The maximum absolute atomic E-state index is 12.3. The van der Waals surface area contributed by atoms with Gasteiger partial charge in [0.25, 0.3) is 0 Å². The van der Waals surface area contributed by atoms with Crippen molar-refractivity contribution >= 4 is 5.91 Å². The van der Waals surface area contributed by atoms with Gasteiger partial charge in [-0.05, 0) is 17.9 Å². The van der Waals surface area contributed by atoms with E-state index in [0.717, 1.165) is 32.6 Å². The van der Waals surface area contributed by atoms with Crippen molar-refractivity contribution in [3.63, 3.8) is 0 Å². The molecule has 3 atom stereocenters. The van der Waals surface area contributed by atoms with Crippen molar-refractivity contribution in [3.8, 4) is 0 Å². The summed E-state index contributed by atoms with van der Waals surface area (Å²) in [5, 5.41) is 3.06. The summed E-state index contributed by atoms with van der Waals surface area (Å²) in [4.78, 5) is 14.8. The second-order valence-electron chi connectivity index (χ2n) is 6.96. The molecule has 0 saturated carbocycles. The first-order valence-electron chi connectivity index (χ1n) is 8.31. The lowest BCUT2D eigenvalue weighted by Crippen LogP contribution is -2.45. The molecule has 22 heavy (non-hydrogen) atoms. The van der Waals surface area contributed by atoms with Crippen molar-refractivity contribution in [2.45, 2.75) is 39.0 Å². The Morgan fingerprint density at radius 1 is 1.32 bits per heavy atom. The number of nitrogens with zero attached hydrogens (tertiary/aromatic N) is 1. The number of carbonyl (C=O) groups is 1. The predicted molar refractivity (Wildman–Crippen MR) is 86.3 cm³/mol. The third kappa shape index (κ3) is 3.68. The molecule has 4 heteroatoms. The van der Waals surface area contributed by atoms with Crippen LogP contribution in [0.25, 0.3) is 0 Å². The lowest BCUT2D eigenvalue weighted by Gasteiger charge is -2.32. The third-order valence-corrected chi connectivity index (χ3v) is 4.50. The summed E-state index contributed by atoms with van der Waals surface area (Å²) in [5.41, 5.74) is 1.32. The van der Waals surface area contributed by atoms with E-state index < -0.39 is 0 Å². The Kier molecular flexibility index (Phi) is 4.79. The summed E-state index contributed by atoms with van der Waals surface area (Å²) in [7, 11) is 0. The van der Waals surface area contributed by atoms with Gasteiger partial charge in [0.15, 0.2) is 0 Å². The van der Waals surface area contributed by atoms with Gasteiger partial charge in [-0.2, -0.15) is 0 Å². The Morgan fingerprint density at radius 2 is 2.09 bits per heavy atom. The lowest BCUT2D eigenvalue weighted by molar-refractivity contribution is -0.128. The van der Waals surface area contributed by atoms with E-state index in [4.69, 9.17) is 4.74 Å². The minimum absolute atomic E-state index is 0.0181. The monoisotopic (exact) mass is 302 g/mol. The molecule has 2 heterocycles. The van der Waals surface area contributed by atoms with Crippen molar-refractivity contribution in [1.29, 1.82) is 0 Å². The molecule has 2 bridgehead atoms. The first-order chi connectivity index (χ1) is 10.6. The molecule has 1 amide bonds. The van der Waals surface area contributed by atoms with Gasteiger partial charge < -0.3 is 10.1 Å². The van der Waals surface area contributed by atoms with Crippen LogP contribution in [0.15, 0.2) is 30.3 Å². The quantitative estimate of drug-likeness (QED) is 0.905. The molecule has 0 spiro atoms. The van der Waals surface area contributed by atoms with Gasteiger partial charge in [-0.1, -0.05) is 44.2 Å². The van der Waals surface area contributed by atoms with Gasteiger partial charge in [0, 0.05) is 26.2 Å². The highest BCUT2D eigenvalue weighted by molar-refractivity contribution is 5.79. The topological polar surface area (TPSA) is 41.6 Å². The molecule has 3 rings (SSSR count). The maximum atomic E-state index is 12.3. The summed E-state index contributed by atoms with van der Waals surface area (Å²) < 4.78 is 6.00. The van der Waals surface area contributed by atoms with Crippen LogP contribution in [-0.2, 0) is 16.1 Å². The molecule has 0 radical (unpaired) electrons. The van der Waals surface area contributed by atoms with Crippen LogP contribution in [0.1, 0.15) is 25.8 Å². The van der Waals surface area contributed by atoms with Crippen LogP contribution < -0.4 is 5.32 Å². The largest absolute Gasteiger partial charge is 0.371 e. The highest BCUT2D eigenvalue weighted by Crippen LogP contribution is 2.32. The van der Waals surface area contributed by atoms with Crippen LogP contribution in [0.2, 0.25) is 0 Å². The lowest BCUT2D eigenvalue weighted by atomic mass is 9.99. The molecular formula is C18H26N2O2. The first kappa shape index (κ1) is 15.5. The van der Waals surface area contributed by atoms with Crippen LogP contribution in [0.4, 0.5) is 0 Å². The van der Waals surface area contributed by atoms with Crippen molar-refractivity contribution in [2.24, 2.45) is 11.8 Å². The Bertz CT molecular complexity index is 503. The first-order valence-corrected chi connectivity index (χ1v) is 8.31. The number of carbonyl (C=O) groups excluding carboxylic acids is 1. The van der Waals surface area contributed by atoms with E-state index in [9.17, 15) is 4.79 Å². The minimum atomic E-state index is 0.0181. The van der Waals surface area contributed by atoms with E-state index in [2.05, 4.69) is 48.3 Å². The number of hydrogen-bond donors (Lipinski definition) is 1. The van der Waals surface area contributed by atoms with E-state index in [1.54, 1.807) is 0 Å². The molecule has 2 aliphatic rings. The van der Waals surface area contributed by atoms with Crippen molar-refractivity contribution < 1.29 is 9.53 Å². The van der Waals surface area contributed by atoms with Crippen molar-refractivity contribution in [2.75, 3.05) is 19.6 Å². The molecule has 2 aliphatic heterocycles. The van der Waals surface area contributed by atoms with Crippen LogP contribution in [0.3, 0.4) is 0 Å². The SMILES string of the molecule is CC(C)CNC(=O)[C@@H]1C[C@H]2CN(Cc3ccccc3)C[C@@H]1O2. The summed E-state index contributed by atoms with van der Waals surface area (Å²) >= 11 is 0. The third-order valence-electron chi connectivity index (χ3n) is 4.50. The highest BCUT2D eigenvalue weighted by atomic mass is 16.5. The van der Waals surface area contributed by atoms with Gasteiger partial charge in [0.1, 0.15) is 0 Å². The van der Waals surface area contributed by atoms with E-state index in [1.165, 1.54) is 5.56 Å². The number of ether oxygens (including phenoxy) is 1. The average Bonchev–Trinajstić information content (AvgIpc) is 2.80. The standard InChI is InChI=1S/C18H26N2O2/c1-13(2)9-19-18(21)16-8-15-11-20(12-17(16)22-15)10-14-6-4-3-5-7-14/h3-7,13,15-17H,8-12H2,1-2H3,(H,19,21)/t15-,16+,17-/m0/s1. The molecule has 1 N–H and O–H groups in total. The number of likely N-dealkylation sites (tertiary alicyclic amines) is 1. The fourth-order valence-corrected chi connectivity index (χ4v) is 3.42. The van der Waals surface area contributed by atoms with Gasteiger partial charge in [0.2, 0.25) is 5.91 Å². The van der Waals surface area contributed by atoms with Gasteiger partial charge in [-0.25, -0.2) is 0 Å². The zero-order valence-corrected chi connectivity index (χ0v) is 13.5. The molecular weight excluding hydrogens is 276 g/mol. The Hall–Kier alpha value is -1.39. The fraction of sp³-hybridized carbons (Fsp3) is 0.611. The second-order valence-corrected chi connectivity index (χ2v) is 6.96. The van der Waals surface area contributed by atoms with Crippen molar-refractivity contribution in [3.05, 3.63) is 35.9 Å². The van der Waals surface area contributed by atoms with Gasteiger partial charge in [-0.15, -0.1) is 0 Å². The number of fused-ring (bicyclic) bond motifs is 2. The molecule has 1 aromatic carbocycles. The fourth-order valence-electron chi connectivity index (χ4n) is 3.42. The van der Waals surface area contributed by atoms with Gasteiger partial charge in [0.05, 0.1) is 18.1 Å². The molecule has 120 valence electrons. The van der Waals surface area contributed by atoms with Crippen molar-refractivity contribution in [1.82, 2.24) is 10.2 Å². The molecule has 1 aromatic rings. The Balaban J connectivity index is 1.56. The molecule has 0 unspecified atom stereocenters. The van der Waals surface area contributed by atoms with Crippen LogP contribution in [0.5, 0.6) is 0 Å². The second kappa shape index (κ2) is 6.80. The summed E-state index contributed by atoms with van der Waals surface area (Å²) in [6.07, 6.45) is 1.12. The molecule has 4 nitrogen and oxygen atoms in total. The van der Waals surface area contributed by atoms with Crippen LogP contribution in [-0.4, -0.2) is 42.6 Å². The number of hydrogen-bond acceptors (Lipinski definition) is 3. The molecule has 2 fully saturated rings. The number of morpholine rings is 1. The average molecular weight is 302 g/mol. The number of rotatable bonds is 5. The Labute approximate surface area is 132 Å². The summed E-state index contributed by atoms with van der Waals surface area (Å²) in [5.74, 6) is 0.674. The normalized spacial score (nSPS) is 28.0. The molecule has 0 aliphatic carbocycles. The summed E-state index contributed by atoms with van der Waals surface area (Å²) in [6.45, 7) is 7.71. The molecule has 2 saturated heterocycles. The molecule has 0 aromatic heterocycles. The number of nitrogens with one attached hydrogen (secondary N) is 1. The van der Waals surface area contributed by atoms with Crippen LogP contribution in [0, 0.1) is 11.8 Å². The van der Waals surface area contributed by atoms with E-state index in [1.807, 2.05) is 6.07 Å². The van der Waals surface area contributed by atoms with Crippen LogP contribution >= 0.6 is 0 Å². The van der Waals surface area contributed by atoms with Gasteiger partial charge in [-0.3, -0.25) is 9.69 Å². The zero-order chi connectivity index (χ0) is 15.5. The Morgan fingerprint density at radius 3 is 2.82 bits per heavy atom. The number of benzene rings is 1. The van der Waals surface area contributed by atoms with E-state index in [0.29, 0.717) is 5.92 Å². The van der Waals surface area contributed by atoms with Gasteiger partial charge >= 0.3 is 0 Å². The highest BCUT2D eigenvalue weighted by Gasteiger charge is 2.44. The van der Waals surface area contributed by atoms with E-state index in [-0.39, 0.29) is 24.0 Å². The summed E-state index contributed by atoms with van der Waals surface area (Å²) in [6, 6.07) is 10.5. The minimum Gasteiger partial charge on any atom is -0.371 e. The van der Waals surface area contributed by atoms with E-state index >= 15 is 0 Å².